The van der Waals surface area contributed by atoms with E-state index in [1.165, 1.54) is 5.56 Å². The van der Waals surface area contributed by atoms with Crippen molar-refractivity contribution in [3.8, 4) is 5.75 Å². The first kappa shape index (κ1) is 11.0. The molecule has 0 amide bonds. The number of hydrazine groups is 1. The van der Waals surface area contributed by atoms with E-state index in [4.69, 9.17) is 4.74 Å². The monoisotopic (exact) mass is 194 g/mol. The molecule has 0 fully saturated rings. The van der Waals surface area contributed by atoms with Crippen molar-refractivity contribution in [2.24, 2.45) is 0 Å². The highest BCUT2D eigenvalue weighted by Crippen LogP contribution is 2.12. The molecule has 0 bridgehead atoms. The number of aryl methyl sites for hydroxylation is 1. The maximum Gasteiger partial charge on any atom is 0.118 e. The van der Waals surface area contributed by atoms with Gasteiger partial charge in [-0.25, -0.2) is 0 Å². The second kappa shape index (κ2) is 6.40. The Bertz CT molecular complexity index is 246. The Labute approximate surface area is 85.4 Å². The molecule has 0 atom stereocenters. The average Bonchev–Trinajstić information content (AvgIpc) is 2.25. The van der Waals surface area contributed by atoms with E-state index < -0.39 is 0 Å². The minimum absolute atomic E-state index is 0.919. The van der Waals surface area contributed by atoms with E-state index >= 15 is 0 Å². The summed E-state index contributed by atoms with van der Waals surface area (Å²) in [6.07, 6.45) is 2.23. The summed E-state index contributed by atoms with van der Waals surface area (Å²) in [5.74, 6) is 0.919. The van der Waals surface area contributed by atoms with Gasteiger partial charge >= 0.3 is 0 Å². The predicted octanol–water partition coefficient (Wildman–Crippen LogP) is 1.35. The zero-order chi connectivity index (χ0) is 10.2. The van der Waals surface area contributed by atoms with Crippen molar-refractivity contribution in [1.82, 2.24) is 10.9 Å². The molecule has 2 N–H and O–H groups in total. The summed E-state index contributed by atoms with van der Waals surface area (Å²) < 4.78 is 5.09. The Hall–Kier alpha value is -1.06. The lowest BCUT2D eigenvalue weighted by Crippen LogP contribution is -2.28. The maximum atomic E-state index is 5.09. The molecule has 0 aliphatic heterocycles. The molecule has 3 nitrogen and oxygen atoms in total. The van der Waals surface area contributed by atoms with Crippen molar-refractivity contribution < 1.29 is 4.74 Å². The number of nitrogens with one attached hydrogen (secondary N) is 2. The average molecular weight is 194 g/mol. The van der Waals surface area contributed by atoms with Gasteiger partial charge in [0, 0.05) is 6.54 Å². The van der Waals surface area contributed by atoms with Gasteiger partial charge in [-0.2, -0.15) is 0 Å². The van der Waals surface area contributed by atoms with Gasteiger partial charge in [0.2, 0.25) is 0 Å². The summed E-state index contributed by atoms with van der Waals surface area (Å²) in [6, 6.07) is 8.22. The molecule has 0 aliphatic carbocycles. The van der Waals surface area contributed by atoms with Gasteiger partial charge in [0.05, 0.1) is 7.11 Å². The zero-order valence-corrected chi connectivity index (χ0v) is 8.84. The fraction of sp³-hybridized carbons (Fsp3) is 0.455. The zero-order valence-electron chi connectivity index (χ0n) is 8.84. The molecular formula is C11H18N2O. The number of rotatable bonds is 6. The summed E-state index contributed by atoms with van der Waals surface area (Å²) in [4.78, 5) is 0. The lowest BCUT2D eigenvalue weighted by Gasteiger charge is -2.04. The van der Waals surface area contributed by atoms with Gasteiger partial charge in [0.15, 0.2) is 0 Å². The van der Waals surface area contributed by atoms with E-state index in [-0.39, 0.29) is 0 Å². The lowest BCUT2D eigenvalue weighted by molar-refractivity contribution is 0.414. The third-order valence-corrected chi connectivity index (χ3v) is 2.10. The third kappa shape index (κ3) is 3.77. The number of hydrogen-bond donors (Lipinski definition) is 2. The van der Waals surface area contributed by atoms with Crippen molar-refractivity contribution in [3.63, 3.8) is 0 Å². The van der Waals surface area contributed by atoms with Crippen LogP contribution in [-0.4, -0.2) is 20.7 Å². The van der Waals surface area contributed by atoms with Gasteiger partial charge in [0.25, 0.3) is 0 Å². The predicted molar refractivity (Wildman–Crippen MR) is 58.4 cm³/mol. The molecule has 0 aromatic heterocycles. The van der Waals surface area contributed by atoms with Crippen LogP contribution in [0.5, 0.6) is 5.75 Å². The van der Waals surface area contributed by atoms with E-state index in [0.29, 0.717) is 0 Å². The summed E-state index contributed by atoms with van der Waals surface area (Å²) in [6.45, 7) is 0.989. The molecule has 0 radical (unpaired) electrons. The Kier molecular flexibility index (Phi) is 5.04. The fourth-order valence-corrected chi connectivity index (χ4v) is 1.30. The van der Waals surface area contributed by atoms with E-state index in [0.717, 1.165) is 25.1 Å². The molecule has 0 spiro atoms. The SMILES string of the molecule is CNNCCCc1ccc(OC)cc1. The molecular weight excluding hydrogens is 176 g/mol. The minimum Gasteiger partial charge on any atom is -0.497 e. The Morgan fingerprint density at radius 2 is 1.93 bits per heavy atom. The first-order valence-electron chi connectivity index (χ1n) is 4.89. The molecule has 0 heterocycles. The number of hydrogen-bond acceptors (Lipinski definition) is 3. The smallest absolute Gasteiger partial charge is 0.118 e. The topological polar surface area (TPSA) is 33.3 Å². The number of benzene rings is 1. The second-order valence-corrected chi connectivity index (χ2v) is 3.13. The van der Waals surface area contributed by atoms with Crippen LogP contribution in [0.3, 0.4) is 0 Å². The summed E-state index contributed by atoms with van der Waals surface area (Å²) in [7, 11) is 3.57. The van der Waals surface area contributed by atoms with Crippen LogP contribution in [-0.2, 0) is 6.42 Å². The highest BCUT2D eigenvalue weighted by Gasteiger charge is 1.94. The van der Waals surface area contributed by atoms with Crippen molar-refractivity contribution in [2.75, 3.05) is 20.7 Å². The van der Waals surface area contributed by atoms with Crippen molar-refractivity contribution >= 4 is 0 Å². The molecule has 1 rings (SSSR count). The van der Waals surface area contributed by atoms with Crippen LogP contribution in [0.1, 0.15) is 12.0 Å². The Morgan fingerprint density at radius 3 is 2.50 bits per heavy atom. The van der Waals surface area contributed by atoms with Gasteiger partial charge in [-0.1, -0.05) is 12.1 Å². The van der Waals surface area contributed by atoms with Crippen LogP contribution in [0, 0.1) is 0 Å². The van der Waals surface area contributed by atoms with E-state index in [2.05, 4.69) is 23.0 Å². The van der Waals surface area contributed by atoms with E-state index in [1.807, 2.05) is 19.2 Å². The van der Waals surface area contributed by atoms with Gasteiger partial charge in [0.1, 0.15) is 5.75 Å². The Morgan fingerprint density at radius 1 is 1.21 bits per heavy atom. The fourth-order valence-electron chi connectivity index (χ4n) is 1.30. The minimum atomic E-state index is 0.919. The van der Waals surface area contributed by atoms with Crippen LogP contribution in [0.15, 0.2) is 24.3 Å². The molecule has 0 unspecified atom stereocenters. The molecule has 1 aromatic rings. The van der Waals surface area contributed by atoms with Crippen LogP contribution in [0.25, 0.3) is 0 Å². The summed E-state index contributed by atoms with van der Waals surface area (Å²) in [5, 5.41) is 0. The summed E-state index contributed by atoms with van der Waals surface area (Å²) >= 11 is 0. The third-order valence-electron chi connectivity index (χ3n) is 2.10. The molecule has 0 saturated heterocycles. The van der Waals surface area contributed by atoms with Crippen LogP contribution < -0.4 is 15.6 Å². The van der Waals surface area contributed by atoms with Crippen LogP contribution in [0.4, 0.5) is 0 Å². The normalized spacial score (nSPS) is 10.1. The van der Waals surface area contributed by atoms with Crippen LogP contribution in [0.2, 0.25) is 0 Å². The van der Waals surface area contributed by atoms with Gasteiger partial charge < -0.3 is 4.74 Å². The number of methoxy groups -OCH3 is 1. The first-order chi connectivity index (χ1) is 6.86. The van der Waals surface area contributed by atoms with E-state index in [1.54, 1.807) is 7.11 Å². The number of ether oxygens (including phenoxy) is 1. The summed E-state index contributed by atoms with van der Waals surface area (Å²) in [5.41, 5.74) is 7.32. The molecule has 78 valence electrons. The van der Waals surface area contributed by atoms with Gasteiger partial charge in [-0.3, -0.25) is 10.9 Å². The van der Waals surface area contributed by atoms with Gasteiger partial charge in [-0.05, 0) is 37.6 Å². The van der Waals surface area contributed by atoms with Crippen molar-refractivity contribution in [2.45, 2.75) is 12.8 Å². The highest BCUT2D eigenvalue weighted by molar-refractivity contribution is 5.27. The standard InChI is InChI=1S/C11H18N2O/c1-12-13-9-3-4-10-5-7-11(14-2)8-6-10/h5-8,12-13H,3-4,9H2,1-2H3. The van der Waals surface area contributed by atoms with E-state index in [9.17, 15) is 0 Å². The van der Waals surface area contributed by atoms with Gasteiger partial charge in [-0.15, -0.1) is 0 Å². The van der Waals surface area contributed by atoms with Crippen molar-refractivity contribution in [1.29, 1.82) is 0 Å². The second-order valence-electron chi connectivity index (χ2n) is 3.13. The maximum absolute atomic E-state index is 5.09. The highest BCUT2D eigenvalue weighted by atomic mass is 16.5. The van der Waals surface area contributed by atoms with Crippen LogP contribution >= 0.6 is 0 Å². The molecule has 0 aliphatic rings. The molecule has 0 saturated carbocycles. The molecule has 14 heavy (non-hydrogen) atoms. The first-order valence-corrected chi connectivity index (χ1v) is 4.89. The Balaban J connectivity index is 2.29. The van der Waals surface area contributed by atoms with Crippen molar-refractivity contribution in [3.05, 3.63) is 29.8 Å². The molecule has 3 heteroatoms. The lowest BCUT2D eigenvalue weighted by atomic mass is 10.1. The largest absolute Gasteiger partial charge is 0.497 e. The quantitative estimate of drug-likeness (QED) is 0.530. The molecule has 1 aromatic carbocycles.